The van der Waals surface area contributed by atoms with Gasteiger partial charge in [-0.05, 0) is 32.1 Å². The molecule has 0 aliphatic carbocycles. The molecule has 1 aromatic heterocycles. The van der Waals surface area contributed by atoms with Gasteiger partial charge in [0.25, 0.3) is 5.91 Å². The highest BCUT2D eigenvalue weighted by Crippen LogP contribution is 2.21. The predicted octanol–water partition coefficient (Wildman–Crippen LogP) is 0.804. The molecule has 1 saturated heterocycles. The molecule has 0 saturated carbocycles. The molecule has 106 valence electrons. The molecule has 0 atom stereocenters. The van der Waals surface area contributed by atoms with Gasteiger partial charge in [-0.3, -0.25) is 4.79 Å². The van der Waals surface area contributed by atoms with Crippen molar-refractivity contribution in [3.63, 3.8) is 0 Å². The first-order valence-electron chi connectivity index (χ1n) is 6.87. The Morgan fingerprint density at radius 2 is 2.15 bits per heavy atom. The van der Waals surface area contributed by atoms with Crippen LogP contribution < -0.4 is 10.6 Å². The van der Waals surface area contributed by atoms with E-state index < -0.39 is 5.91 Å². The number of nitrogens with zero attached hydrogens (tertiary/aromatic N) is 3. The van der Waals surface area contributed by atoms with Crippen molar-refractivity contribution in [1.29, 1.82) is 0 Å². The molecule has 1 aromatic carbocycles. The van der Waals surface area contributed by atoms with E-state index in [-0.39, 0.29) is 0 Å². The number of rotatable bonds is 2. The number of H-pyrrole nitrogens is 1. The van der Waals surface area contributed by atoms with Crippen molar-refractivity contribution in [3.05, 3.63) is 23.8 Å². The van der Waals surface area contributed by atoms with Crippen LogP contribution in [0.4, 0.5) is 5.95 Å². The lowest BCUT2D eigenvalue weighted by Crippen LogP contribution is -2.29. The summed E-state index contributed by atoms with van der Waals surface area (Å²) in [6.07, 6.45) is 1.11. The number of amides is 1. The summed E-state index contributed by atoms with van der Waals surface area (Å²) in [6.45, 7) is 4.02. The monoisotopic (exact) mass is 273 g/mol. The number of hydrogen-bond acceptors (Lipinski definition) is 4. The number of aromatic amines is 1. The number of carbonyl (C=O) groups is 1. The number of likely N-dealkylation sites (N-methyl/N-ethyl adjacent to an activating group) is 1. The average molecular weight is 273 g/mol. The van der Waals surface area contributed by atoms with Crippen LogP contribution in [0.3, 0.4) is 0 Å². The van der Waals surface area contributed by atoms with Gasteiger partial charge in [0, 0.05) is 19.6 Å². The molecular formula is C14H19N5O. The number of anilines is 1. The summed E-state index contributed by atoms with van der Waals surface area (Å²) in [6, 6.07) is 5.45. The zero-order valence-corrected chi connectivity index (χ0v) is 11.6. The van der Waals surface area contributed by atoms with E-state index in [2.05, 4.69) is 26.8 Å². The second-order valence-corrected chi connectivity index (χ2v) is 5.27. The van der Waals surface area contributed by atoms with Gasteiger partial charge in [-0.25, -0.2) is 4.98 Å². The normalized spacial score (nSPS) is 17.4. The maximum absolute atomic E-state index is 11.4. The third-order valence-corrected chi connectivity index (χ3v) is 3.78. The van der Waals surface area contributed by atoms with Crippen molar-refractivity contribution in [2.24, 2.45) is 5.73 Å². The van der Waals surface area contributed by atoms with E-state index in [9.17, 15) is 4.79 Å². The minimum absolute atomic E-state index is 0.441. The maximum Gasteiger partial charge on any atom is 0.250 e. The smallest absolute Gasteiger partial charge is 0.250 e. The second kappa shape index (κ2) is 5.13. The first kappa shape index (κ1) is 12.9. The van der Waals surface area contributed by atoms with Gasteiger partial charge in [-0.1, -0.05) is 6.07 Å². The average Bonchev–Trinajstić information content (AvgIpc) is 2.74. The lowest BCUT2D eigenvalue weighted by molar-refractivity contribution is 0.100. The second-order valence-electron chi connectivity index (χ2n) is 5.27. The highest BCUT2D eigenvalue weighted by Gasteiger charge is 2.17. The Morgan fingerprint density at radius 1 is 1.30 bits per heavy atom. The fraction of sp³-hybridized carbons (Fsp3) is 0.429. The molecule has 20 heavy (non-hydrogen) atoms. The number of benzene rings is 1. The first-order valence-corrected chi connectivity index (χ1v) is 6.87. The van der Waals surface area contributed by atoms with Crippen LogP contribution in [-0.2, 0) is 0 Å². The molecule has 0 bridgehead atoms. The molecule has 6 nitrogen and oxygen atoms in total. The van der Waals surface area contributed by atoms with E-state index in [0.29, 0.717) is 11.1 Å². The van der Waals surface area contributed by atoms with Gasteiger partial charge < -0.3 is 20.5 Å². The number of fused-ring (bicyclic) bond motifs is 1. The minimum Gasteiger partial charge on any atom is -0.366 e. The number of imidazole rings is 1. The molecule has 0 radical (unpaired) electrons. The Bertz CT molecular complexity index is 636. The summed E-state index contributed by atoms with van der Waals surface area (Å²) in [7, 11) is 2.13. The number of carbonyl (C=O) groups excluding carboxylic acids is 1. The zero-order chi connectivity index (χ0) is 14.1. The molecule has 0 spiro atoms. The molecule has 2 aromatic rings. The summed E-state index contributed by atoms with van der Waals surface area (Å²) < 4.78 is 0. The van der Waals surface area contributed by atoms with Crippen LogP contribution >= 0.6 is 0 Å². The first-order chi connectivity index (χ1) is 9.65. The van der Waals surface area contributed by atoms with Crippen molar-refractivity contribution in [1.82, 2.24) is 14.9 Å². The third kappa shape index (κ3) is 2.34. The molecule has 3 N–H and O–H groups in total. The van der Waals surface area contributed by atoms with Gasteiger partial charge in [0.05, 0.1) is 11.1 Å². The zero-order valence-electron chi connectivity index (χ0n) is 11.6. The van der Waals surface area contributed by atoms with Crippen molar-refractivity contribution in [3.8, 4) is 0 Å². The molecule has 1 aliphatic rings. The maximum atomic E-state index is 11.4. The number of para-hydroxylation sites is 1. The van der Waals surface area contributed by atoms with Gasteiger partial charge in [0.15, 0.2) is 0 Å². The topological polar surface area (TPSA) is 78.2 Å². The van der Waals surface area contributed by atoms with Crippen LogP contribution in [0.5, 0.6) is 0 Å². The van der Waals surface area contributed by atoms with Gasteiger partial charge in [-0.15, -0.1) is 0 Å². The van der Waals surface area contributed by atoms with Crippen molar-refractivity contribution < 1.29 is 4.79 Å². The number of nitrogens with two attached hydrogens (primary N) is 1. The summed E-state index contributed by atoms with van der Waals surface area (Å²) in [5, 5.41) is 0. The number of primary amides is 1. The third-order valence-electron chi connectivity index (χ3n) is 3.78. The lowest BCUT2D eigenvalue weighted by Gasteiger charge is -2.19. The Hall–Kier alpha value is -2.08. The Kier molecular flexibility index (Phi) is 3.31. The molecule has 2 heterocycles. The molecule has 0 unspecified atom stereocenters. The van der Waals surface area contributed by atoms with E-state index >= 15 is 0 Å². The van der Waals surface area contributed by atoms with Crippen LogP contribution in [0.1, 0.15) is 16.8 Å². The van der Waals surface area contributed by atoms with Crippen molar-refractivity contribution >= 4 is 22.9 Å². The summed E-state index contributed by atoms with van der Waals surface area (Å²) >= 11 is 0. The Morgan fingerprint density at radius 3 is 2.95 bits per heavy atom. The Balaban J connectivity index is 1.96. The van der Waals surface area contributed by atoms with E-state index in [1.54, 1.807) is 6.07 Å². The fourth-order valence-corrected chi connectivity index (χ4v) is 2.63. The number of hydrogen-bond donors (Lipinski definition) is 2. The highest BCUT2D eigenvalue weighted by atomic mass is 16.1. The van der Waals surface area contributed by atoms with Crippen LogP contribution in [0, 0.1) is 0 Å². The standard InChI is InChI=1S/C14H19N5O/c1-18-6-3-7-19(9-8-18)14-16-11-5-2-4-10(13(15)20)12(11)17-14/h2,4-5H,3,6-9H2,1H3,(H2,15,20)(H,16,17). The minimum atomic E-state index is -0.441. The van der Waals surface area contributed by atoms with Crippen LogP contribution in [0.2, 0.25) is 0 Å². The van der Waals surface area contributed by atoms with Gasteiger partial charge >= 0.3 is 0 Å². The molecule has 3 rings (SSSR count). The number of aromatic nitrogens is 2. The molecule has 6 heteroatoms. The molecular weight excluding hydrogens is 254 g/mol. The summed E-state index contributed by atoms with van der Waals surface area (Å²) in [5.74, 6) is 0.383. The van der Waals surface area contributed by atoms with Gasteiger partial charge in [0.2, 0.25) is 5.95 Å². The van der Waals surface area contributed by atoms with E-state index in [1.807, 2.05) is 12.1 Å². The molecule has 1 fully saturated rings. The van der Waals surface area contributed by atoms with Crippen LogP contribution in [-0.4, -0.2) is 54.0 Å². The molecule has 1 aliphatic heterocycles. The van der Waals surface area contributed by atoms with Crippen molar-refractivity contribution in [2.75, 3.05) is 38.1 Å². The van der Waals surface area contributed by atoms with Crippen molar-refractivity contribution in [2.45, 2.75) is 6.42 Å². The highest BCUT2D eigenvalue weighted by molar-refractivity contribution is 6.04. The van der Waals surface area contributed by atoms with E-state index in [4.69, 9.17) is 5.73 Å². The van der Waals surface area contributed by atoms with E-state index in [1.165, 1.54) is 0 Å². The predicted molar refractivity (Wildman–Crippen MR) is 78.9 cm³/mol. The lowest BCUT2D eigenvalue weighted by atomic mass is 10.2. The summed E-state index contributed by atoms with van der Waals surface area (Å²) in [4.78, 5) is 23.9. The van der Waals surface area contributed by atoms with Crippen LogP contribution in [0.25, 0.3) is 11.0 Å². The summed E-state index contributed by atoms with van der Waals surface area (Å²) in [5.41, 5.74) is 7.38. The fourth-order valence-electron chi connectivity index (χ4n) is 2.63. The largest absolute Gasteiger partial charge is 0.366 e. The van der Waals surface area contributed by atoms with Gasteiger partial charge in [-0.2, -0.15) is 0 Å². The van der Waals surface area contributed by atoms with Gasteiger partial charge in [0.1, 0.15) is 5.52 Å². The van der Waals surface area contributed by atoms with E-state index in [0.717, 1.165) is 44.1 Å². The quantitative estimate of drug-likeness (QED) is 0.848. The van der Waals surface area contributed by atoms with Crippen LogP contribution in [0.15, 0.2) is 18.2 Å². The molecule has 1 amide bonds. The number of nitrogens with one attached hydrogen (secondary N) is 1. The SMILES string of the molecule is CN1CCCN(c2nc3c(C(N)=O)cccc3[nH]2)CC1. The Labute approximate surface area is 117 Å².